The number of carbonyl (C=O) groups is 1. The zero-order valence-corrected chi connectivity index (χ0v) is 19.2. The van der Waals surface area contributed by atoms with Crippen molar-refractivity contribution in [3.8, 4) is 0 Å². The molecule has 0 aliphatic carbocycles. The molecular weight excluding hydrogens is 450 g/mol. The van der Waals surface area contributed by atoms with Gasteiger partial charge in [-0.2, -0.15) is 0 Å². The third kappa shape index (κ3) is 4.85. The van der Waals surface area contributed by atoms with Gasteiger partial charge >= 0.3 is 0 Å². The number of halogens is 1. The van der Waals surface area contributed by atoms with Gasteiger partial charge in [0.2, 0.25) is 0 Å². The highest BCUT2D eigenvalue weighted by Gasteiger charge is 2.20. The molecule has 162 valence electrons. The van der Waals surface area contributed by atoms with Gasteiger partial charge in [-0.1, -0.05) is 59.8 Å². The SMILES string of the molecule is O=C(NCCc1ccccn1)c1ccc2c(c1)N=C(c1ccc(Cl)cc1)c1ccccc1S2. The van der Waals surface area contributed by atoms with Gasteiger partial charge in [0.15, 0.2) is 0 Å². The van der Waals surface area contributed by atoms with Crippen molar-refractivity contribution in [1.29, 1.82) is 0 Å². The summed E-state index contributed by atoms with van der Waals surface area (Å²) >= 11 is 7.77. The van der Waals surface area contributed by atoms with Crippen molar-refractivity contribution in [3.63, 3.8) is 0 Å². The fraction of sp³-hybridized carbons (Fsp3) is 0.0741. The third-order valence-electron chi connectivity index (χ3n) is 5.33. The molecule has 3 aromatic carbocycles. The Hall–Kier alpha value is -3.41. The summed E-state index contributed by atoms with van der Waals surface area (Å²) in [7, 11) is 0. The van der Waals surface area contributed by atoms with E-state index in [-0.39, 0.29) is 5.91 Å². The van der Waals surface area contributed by atoms with Gasteiger partial charge in [-0.05, 0) is 48.5 Å². The Morgan fingerprint density at radius 2 is 1.73 bits per heavy atom. The maximum atomic E-state index is 12.8. The van der Waals surface area contributed by atoms with Crippen LogP contribution in [0.4, 0.5) is 5.69 Å². The van der Waals surface area contributed by atoms with Crippen LogP contribution in [0.2, 0.25) is 5.02 Å². The van der Waals surface area contributed by atoms with E-state index in [9.17, 15) is 4.79 Å². The molecule has 0 spiro atoms. The van der Waals surface area contributed by atoms with Crippen LogP contribution in [0, 0.1) is 0 Å². The van der Waals surface area contributed by atoms with Gasteiger partial charge in [-0.15, -0.1) is 0 Å². The smallest absolute Gasteiger partial charge is 0.251 e. The monoisotopic (exact) mass is 469 g/mol. The minimum Gasteiger partial charge on any atom is -0.352 e. The number of pyridine rings is 1. The lowest BCUT2D eigenvalue weighted by Gasteiger charge is -2.09. The quantitative estimate of drug-likeness (QED) is 0.326. The molecule has 2 heterocycles. The second kappa shape index (κ2) is 9.61. The average Bonchev–Trinajstić information content (AvgIpc) is 3.01. The van der Waals surface area contributed by atoms with Gasteiger partial charge in [0.1, 0.15) is 0 Å². The second-order valence-electron chi connectivity index (χ2n) is 7.58. The minimum absolute atomic E-state index is 0.122. The van der Waals surface area contributed by atoms with Crippen molar-refractivity contribution >= 4 is 40.7 Å². The first-order valence-corrected chi connectivity index (χ1v) is 11.8. The fourth-order valence-electron chi connectivity index (χ4n) is 3.66. The first-order valence-electron chi connectivity index (χ1n) is 10.6. The predicted octanol–water partition coefficient (Wildman–Crippen LogP) is 6.34. The Morgan fingerprint density at radius 1 is 0.909 bits per heavy atom. The highest BCUT2D eigenvalue weighted by molar-refractivity contribution is 7.99. The number of rotatable bonds is 5. The van der Waals surface area contributed by atoms with Crippen LogP contribution in [0.5, 0.6) is 0 Å². The predicted molar refractivity (Wildman–Crippen MR) is 134 cm³/mol. The van der Waals surface area contributed by atoms with E-state index in [0.29, 0.717) is 23.6 Å². The van der Waals surface area contributed by atoms with Crippen molar-refractivity contribution in [2.24, 2.45) is 4.99 Å². The summed E-state index contributed by atoms with van der Waals surface area (Å²) in [5.41, 5.74) is 5.21. The molecule has 4 aromatic rings. The molecular formula is C27H20ClN3OS. The number of nitrogens with zero attached hydrogens (tertiary/aromatic N) is 2. The Kier molecular flexibility index (Phi) is 6.24. The molecule has 4 nitrogen and oxygen atoms in total. The lowest BCUT2D eigenvalue weighted by atomic mass is 10.0. The Labute approximate surface area is 201 Å². The van der Waals surface area contributed by atoms with Crippen molar-refractivity contribution in [1.82, 2.24) is 10.3 Å². The molecule has 0 bridgehead atoms. The summed E-state index contributed by atoms with van der Waals surface area (Å²) < 4.78 is 0. The molecule has 33 heavy (non-hydrogen) atoms. The molecule has 0 radical (unpaired) electrons. The summed E-state index contributed by atoms with van der Waals surface area (Å²) in [5.74, 6) is -0.122. The van der Waals surface area contributed by atoms with Crippen molar-refractivity contribution < 1.29 is 4.79 Å². The second-order valence-corrected chi connectivity index (χ2v) is 9.10. The van der Waals surface area contributed by atoms with E-state index in [1.165, 1.54) is 0 Å². The van der Waals surface area contributed by atoms with Crippen LogP contribution in [0.15, 0.2) is 106 Å². The van der Waals surface area contributed by atoms with E-state index < -0.39 is 0 Å². The number of fused-ring (bicyclic) bond motifs is 2. The molecule has 1 N–H and O–H groups in total. The van der Waals surface area contributed by atoms with E-state index in [0.717, 1.165) is 38.0 Å². The number of nitrogens with one attached hydrogen (secondary N) is 1. The first-order chi connectivity index (χ1) is 16.2. The Morgan fingerprint density at radius 3 is 2.55 bits per heavy atom. The van der Waals surface area contributed by atoms with Crippen LogP contribution in [-0.2, 0) is 6.42 Å². The highest BCUT2D eigenvalue weighted by Crippen LogP contribution is 2.41. The van der Waals surface area contributed by atoms with Crippen LogP contribution in [-0.4, -0.2) is 23.1 Å². The van der Waals surface area contributed by atoms with Crippen LogP contribution in [0.25, 0.3) is 0 Å². The molecule has 6 heteroatoms. The van der Waals surface area contributed by atoms with E-state index in [1.807, 2.05) is 72.8 Å². The Balaban J connectivity index is 1.45. The fourth-order valence-corrected chi connectivity index (χ4v) is 4.79. The van der Waals surface area contributed by atoms with Gasteiger partial charge in [0.25, 0.3) is 5.91 Å². The van der Waals surface area contributed by atoms with Crippen molar-refractivity contribution in [2.75, 3.05) is 6.54 Å². The summed E-state index contributed by atoms with van der Waals surface area (Å²) in [5, 5.41) is 3.67. The number of aromatic nitrogens is 1. The van der Waals surface area contributed by atoms with E-state index in [2.05, 4.69) is 22.4 Å². The first kappa shape index (κ1) is 21.4. The standard InChI is InChI=1S/C27H20ClN3OS/c28-20-11-8-18(9-12-20)26-22-6-1-2-7-24(22)33-25-13-10-19(17-23(25)31-26)27(32)30-16-14-21-5-3-4-15-29-21/h1-13,15,17H,14,16H2,(H,30,32). The molecule has 1 aliphatic heterocycles. The molecule has 5 rings (SSSR count). The largest absolute Gasteiger partial charge is 0.352 e. The molecule has 1 amide bonds. The highest BCUT2D eigenvalue weighted by atomic mass is 35.5. The van der Waals surface area contributed by atoms with E-state index >= 15 is 0 Å². The molecule has 0 atom stereocenters. The zero-order chi connectivity index (χ0) is 22.6. The maximum Gasteiger partial charge on any atom is 0.251 e. The van der Waals surface area contributed by atoms with Gasteiger partial charge in [0, 0.05) is 56.4 Å². The maximum absolute atomic E-state index is 12.8. The van der Waals surface area contributed by atoms with Crippen LogP contribution in [0.3, 0.4) is 0 Å². The number of hydrogen-bond acceptors (Lipinski definition) is 4. The Bertz CT molecular complexity index is 1340. The lowest BCUT2D eigenvalue weighted by Crippen LogP contribution is -2.25. The summed E-state index contributed by atoms with van der Waals surface area (Å²) in [6.45, 7) is 0.520. The number of amides is 1. The van der Waals surface area contributed by atoms with Gasteiger partial charge in [-0.25, -0.2) is 4.99 Å². The molecule has 1 aromatic heterocycles. The normalized spacial score (nSPS) is 12.2. The van der Waals surface area contributed by atoms with E-state index in [4.69, 9.17) is 16.6 Å². The summed E-state index contributed by atoms with van der Waals surface area (Å²) in [6.07, 6.45) is 2.44. The van der Waals surface area contributed by atoms with E-state index in [1.54, 1.807) is 18.0 Å². The van der Waals surface area contributed by atoms with Crippen LogP contribution in [0.1, 0.15) is 27.2 Å². The lowest BCUT2D eigenvalue weighted by molar-refractivity contribution is 0.0954. The molecule has 0 fully saturated rings. The van der Waals surface area contributed by atoms with Crippen molar-refractivity contribution in [3.05, 3.63) is 119 Å². The molecule has 1 aliphatic rings. The average molecular weight is 470 g/mol. The van der Waals surface area contributed by atoms with Crippen LogP contribution < -0.4 is 5.32 Å². The van der Waals surface area contributed by atoms with Gasteiger partial charge < -0.3 is 5.32 Å². The minimum atomic E-state index is -0.122. The van der Waals surface area contributed by atoms with Gasteiger partial charge in [0.05, 0.1) is 11.4 Å². The number of benzene rings is 3. The topological polar surface area (TPSA) is 54.4 Å². The third-order valence-corrected chi connectivity index (χ3v) is 6.72. The number of carbonyl (C=O) groups excluding carboxylic acids is 1. The zero-order valence-electron chi connectivity index (χ0n) is 17.7. The number of hydrogen-bond donors (Lipinski definition) is 1. The molecule has 0 saturated heterocycles. The van der Waals surface area contributed by atoms with Crippen LogP contribution >= 0.6 is 23.4 Å². The summed E-state index contributed by atoms with van der Waals surface area (Å²) in [6, 6.07) is 27.4. The number of aliphatic imine (C=N–C) groups is 1. The van der Waals surface area contributed by atoms with Gasteiger partial charge in [-0.3, -0.25) is 9.78 Å². The molecule has 0 saturated carbocycles. The molecule has 0 unspecified atom stereocenters. The van der Waals surface area contributed by atoms with Crippen molar-refractivity contribution in [2.45, 2.75) is 16.2 Å². The summed E-state index contributed by atoms with van der Waals surface area (Å²) in [4.78, 5) is 24.3.